The highest BCUT2D eigenvalue weighted by Gasteiger charge is 2.41. The van der Waals surface area contributed by atoms with Gasteiger partial charge in [-0.1, -0.05) is 0 Å². The smallest absolute Gasteiger partial charge is 0.305 e. The van der Waals surface area contributed by atoms with E-state index in [0.29, 0.717) is 5.75 Å². The van der Waals surface area contributed by atoms with Gasteiger partial charge in [0.25, 0.3) is 0 Å². The maximum atomic E-state index is 12.5. The van der Waals surface area contributed by atoms with Gasteiger partial charge in [-0.3, -0.25) is 14.4 Å². The summed E-state index contributed by atoms with van der Waals surface area (Å²) < 4.78 is 15.3. The Balaban J connectivity index is 1.98. The van der Waals surface area contributed by atoms with Crippen LogP contribution < -0.4 is 4.74 Å². The summed E-state index contributed by atoms with van der Waals surface area (Å²) in [6.07, 6.45) is -0.840. The fourth-order valence-electron chi connectivity index (χ4n) is 2.46. The van der Waals surface area contributed by atoms with Gasteiger partial charge >= 0.3 is 5.97 Å². The summed E-state index contributed by atoms with van der Waals surface area (Å²) in [4.78, 5) is 35.8. The zero-order valence-corrected chi connectivity index (χ0v) is 11.5. The van der Waals surface area contributed by atoms with Crippen molar-refractivity contribution in [1.29, 1.82) is 0 Å². The highest BCUT2D eigenvalue weighted by Crippen LogP contribution is 2.37. The molecule has 1 atom stereocenters. The van der Waals surface area contributed by atoms with Crippen molar-refractivity contribution < 1.29 is 28.6 Å². The summed E-state index contributed by atoms with van der Waals surface area (Å²) in [7, 11) is 1.48. The molecule has 1 heterocycles. The number of carbonyl (C=O) groups is 3. The second kappa shape index (κ2) is 4.73. The fourth-order valence-corrected chi connectivity index (χ4v) is 2.46. The molecule has 0 amide bonds. The van der Waals surface area contributed by atoms with E-state index in [0.717, 1.165) is 0 Å². The van der Waals surface area contributed by atoms with Crippen molar-refractivity contribution in [3.05, 3.63) is 40.7 Å². The highest BCUT2D eigenvalue weighted by molar-refractivity contribution is 6.26. The molecule has 0 N–H and O–H groups in total. The summed E-state index contributed by atoms with van der Waals surface area (Å²) in [5.74, 6) is -0.734. The SMILES string of the molecule is COc1ccc2c(c1)C(=O)C1=C(OC(OC(C)=O)C1)C2=O. The van der Waals surface area contributed by atoms with E-state index < -0.39 is 12.3 Å². The van der Waals surface area contributed by atoms with Crippen molar-refractivity contribution >= 4 is 17.5 Å². The highest BCUT2D eigenvalue weighted by atomic mass is 16.7. The Bertz CT molecular complexity index is 700. The maximum absolute atomic E-state index is 12.5. The number of methoxy groups -OCH3 is 1. The maximum Gasteiger partial charge on any atom is 0.305 e. The van der Waals surface area contributed by atoms with E-state index in [2.05, 4.69) is 0 Å². The zero-order chi connectivity index (χ0) is 15.1. The van der Waals surface area contributed by atoms with E-state index >= 15 is 0 Å². The van der Waals surface area contributed by atoms with Crippen LogP contribution in [-0.2, 0) is 14.3 Å². The number of rotatable bonds is 2. The minimum atomic E-state index is -0.920. The van der Waals surface area contributed by atoms with Crippen LogP contribution in [0.15, 0.2) is 29.5 Å². The van der Waals surface area contributed by atoms with Crippen molar-refractivity contribution in [1.82, 2.24) is 0 Å². The van der Waals surface area contributed by atoms with Gasteiger partial charge in [0, 0.05) is 18.1 Å². The third kappa shape index (κ3) is 2.08. The van der Waals surface area contributed by atoms with Crippen molar-refractivity contribution in [3.63, 3.8) is 0 Å². The van der Waals surface area contributed by atoms with Crippen molar-refractivity contribution in [3.8, 4) is 5.75 Å². The minimum Gasteiger partial charge on any atom is -0.497 e. The summed E-state index contributed by atoms with van der Waals surface area (Å²) in [5.41, 5.74) is 0.792. The van der Waals surface area contributed by atoms with Crippen LogP contribution in [0.25, 0.3) is 0 Å². The van der Waals surface area contributed by atoms with E-state index in [4.69, 9.17) is 14.2 Å². The molecule has 3 rings (SSSR count). The molecule has 0 saturated carbocycles. The van der Waals surface area contributed by atoms with Crippen LogP contribution in [0.5, 0.6) is 5.75 Å². The summed E-state index contributed by atoms with van der Waals surface area (Å²) >= 11 is 0. The second-order valence-electron chi connectivity index (χ2n) is 4.74. The standard InChI is InChI=1S/C15H12O6/c1-7(16)20-12-6-11-13(17)10-5-8(19-2)3-4-9(10)14(18)15(11)21-12/h3-5,12H,6H2,1-2H3. The van der Waals surface area contributed by atoms with Crippen molar-refractivity contribution in [2.24, 2.45) is 0 Å². The van der Waals surface area contributed by atoms with Crippen LogP contribution in [-0.4, -0.2) is 30.9 Å². The van der Waals surface area contributed by atoms with Gasteiger partial charge in [0.15, 0.2) is 11.5 Å². The number of allylic oxidation sites excluding steroid dienone is 1. The molecule has 2 aliphatic rings. The molecular formula is C15H12O6. The Kier molecular flexibility index (Phi) is 3.01. The third-order valence-corrected chi connectivity index (χ3v) is 3.39. The lowest BCUT2D eigenvalue weighted by Crippen LogP contribution is -2.20. The normalized spacial score (nSPS) is 19.8. The zero-order valence-electron chi connectivity index (χ0n) is 11.5. The van der Waals surface area contributed by atoms with E-state index in [1.54, 1.807) is 6.07 Å². The second-order valence-corrected chi connectivity index (χ2v) is 4.74. The van der Waals surface area contributed by atoms with Gasteiger partial charge in [0.2, 0.25) is 12.1 Å². The van der Waals surface area contributed by atoms with E-state index in [1.165, 1.54) is 26.2 Å². The first-order valence-electron chi connectivity index (χ1n) is 6.35. The Morgan fingerprint density at radius 2 is 2.00 bits per heavy atom. The third-order valence-electron chi connectivity index (χ3n) is 3.39. The van der Waals surface area contributed by atoms with Crippen LogP contribution in [0.1, 0.15) is 34.1 Å². The van der Waals surface area contributed by atoms with Crippen LogP contribution >= 0.6 is 0 Å². The van der Waals surface area contributed by atoms with Crippen molar-refractivity contribution in [2.75, 3.05) is 7.11 Å². The summed E-state index contributed by atoms with van der Waals surface area (Å²) in [5, 5.41) is 0. The molecule has 0 spiro atoms. The molecule has 0 bridgehead atoms. The minimum absolute atomic E-state index is 0.0242. The van der Waals surface area contributed by atoms with Gasteiger partial charge in [-0.05, 0) is 18.2 Å². The fraction of sp³-hybridized carbons (Fsp3) is 0.267. The Labute approximate surface area is 120 Å². The number of Topliss-reactive ketones (excluding diaryl/α,β-unsaturated/α-hetero) is 2. The van der Waals surface area contributed by atoms with Gasteiger partial charge in [0.05, 0.1) is 19.1 Å². The Morgan fingerprint density at radius 3 is 2.67 bits per heavy atom. The number of ether oxygens (including phenoxy) is 3. The molecule has 0 radical (unpaired) electrons. The monoisotopic (exact) mass is 288 g/mol. The lowest BCUT2D eigenvalue weighted by molar-refractivity contribution is -0.164. The van der Waals surface area contributed by atoms with Crippen LogP contribution in [0.4, 0.5) is 0 Å². The first-order valence-corrected chi connectivity index (χ1v) is 6.35. The number of esters is 1. The predicted molar refractivity (Wildman–Crippen MR) is 69.9 cm³/mol. The number of hydrogen-bond donors (Lipinski definition) is 0. The largest absolute Gasteiger partial charge is 0.497 e. The molecule has 1 aromatic rings. The van der Waals surface area contributed by atoms with Gasteiger partial charge in [0.1, 0.15) is 5.75 Å². The molecule has 1 aromatic carbocycles. The Hall–Kier alpha value is -2.63. The quantitative estimate of drug-likeness (QED) is 0.770. The molecule has 1 aliphatic heterocycles. The van der Waals surface area contributed by atoms with E-state index in [-0.39, 0.29) is 40.4 Å². The van der Waals surface area contributed by atoms with E-state index in [1.807, 2.05) is 0 Å². The summed E-state index contributed by atoms with van der Waals surface area (Å²) in [6, 6.07) is 4.66. The van der Waals surface area contributed by atoms with Gasteiger partial charge in [-0.2, -0.15) is 0 Å². The Morgan fingerprint density at radius 1 is 1.24 bits per heavy atom. The lowest BCUT2D eigenvalue weighted by atomic mass is 9.87. The van der Waals surface area contributed by atoms with Gasteiger partial charge < -0.3 is 14.2 Å². The number of benzene rings is 1. The molecule has 1 aliphatic carbocycles. The average Bonchev–Trinajstić information content (AvgIpc) is 2.87. The molecule has 0 aromatic heterocycles. The predicted octanol–water partition coefficient (Wildman–Crippen LogP) is 1.64. The molecule has 0 saturated heterocycles. The van der Waals surface area contributed by atoms with Crippen molar-refractivity contribution in [2.45, 2.75) is 19.6 Å². The first kappa shape index (κ1) is 13.4. The molecule has 1 unspecified atom stereocenters. The van der Waals surface area contributed by atoms with Crippen LogP contribution in [0, 0.1) is 0 Å². The number of ketones is 2. The molecule has 108 valence electrons. The molecule has 21 heavy (non-hydrogen) atoms. The lowest BCUT2D eigenvalue weighted by Gasteiger charge is -2.15. The number of fused-ring (bicyclic) bond motifs is 1. The summed E-state index contributed by atoms with van der Waals surface area (Å²) in [6.45, 7) is 1.24. The molecule has 6 heteroatoms. The van der Waals surface area contributed by atoms with Gasteiger partial charge in [-0.25, -0.2) is 0 Å². The molecule has 6 nitrogen and oxygen atoms in total. The topological polar surface area (TPSA) is 78.9 Å². The van der Waals surface area contributed by atoms with Crippen LogP contribution in [0.2, 0.25) is 0 Å². The van der Waals surface area contributed by atoms with E-state index in [9.17, 15) is 14.4 Å². The molecule has 0 fully saturated rings. The van der Waals surface area contributed by atoms with Gasteiger partial charge in [-0.15, -0.1) is 0 Å². The number of carbonyl (C=O) groups excluding carboxylic acids is 3. The first-order chi connectivity index (χ1) is 10.0. The van der Waals surface area contributed by atoms with Crippen LogP contribution in [0.3, 0.4) is 0 Å². The number of hydrogen-bond acceptors (Lipinski definition) is 6. The molecular weight excluding hydrogens is 276 g/mol. The average molecular weight is 288 g/mol.